The molecule has 26 heteroatoms. The zero-order valence-electron chi connectivity index (χ0n) is 28.3. The summed E-state index contributed by atoms with van der Waals surface area (Å²) in [6.07, 6.45) is 4.06. The summed E-state index contributed by atoms with van der Waals surface area (Å²) in [5.41, 5.74) is 32.9. The van der Waals surface area contributed by atoms with E-state index in [-0.39, 0.29) is 73.4 Å². The smallest absolute Gasteiger partial charge is 0.480 e. The molecule has 6 amide bonds. The highest BCUT2D eigenvalue weighted by molar-refractivity contribution is 8.35. The summed E-state index contributed by atoms with van der Waals surface area (Å²) in [6, 6.07) is -6.70. The molecule has 0 saturated carbocycles. The molecule has 6 unspecified atom stereocenters. The third-order valence-corrected chi connectivity index (χ3v) is 19.9. The van der Waals surface area contributed by atoms with Crippen molar-refractivity contribution in [2.45, 2.75) is 37.4 Å². The molecule has 0 aliphatic rings. The van der Waals surface area contributed by atoms with Gasteiger partial charge in [-0.25, -0.2) is 30.9 Å². The minimum atomic E-state index is -4.91. The van der Waals surface area contributed by atoms with Crippen molar-refractivity contribution in [1.82, 2.24) is 16.0 Å². The first kappa shape index (κ1) is 47.3. The van der Waals surface area contributed by atoms with Crippen LogP contribution >= 0.6 is 38.7 Å². The topological polar surface area (TPSA) is 400 Å². The van der Waals surface area contributed by atoms with E-state index in [0.29, 0.717) is 0 Å². The van der Waals surface area contributed by atoms with Crippen molar-refractivity contribution in [2.24, 2.45) is 34.4 Å². The number of aliphatic carboxylic acids is 3. The number of amides is 6. The van der Waals surface area contributed by atoms with E-state index in [0.717, 1.165) is 0 Å². The van der Waals surface area contributed by atoms with Gasteiger partial charge in [0.1, 0.15) is 18.1 Å². The number of carbonyl (C=O) groups excluding carboxylic acids is 3. The van der Waals surface area contributed by atoms with Crippen LogP contribution in [0.5, 0.6) is 0 Å². The lowest BCUT2D eigenvalue weighted by Crippen LogP contribution is -2.36. The SMILES string of the molecule is CS(CCNC(N)=O)(CCC(N)C(=O)O)OP(=O)(OS(C)(CCNC(N)=O)CCC(N)C(=O)O)OS(C)(CCNC(N)=O)CCC(N)C(=O)O. The molecule has 18 N–H and O–H groups in total. The predicted octanol–water partition coefficient (Wildman–Crippen LogP) is -1.40. The molecule has 0 aromatic carbocycles. The molecule has 0 aromatic rings. The summed E-state index contributed by atoms with van der Waals surface area (Å²) >= 11 is 0. The second kappa shape index (κ2) is 21.6. The first-order valence-electron chi connectivity index (χ1n) is 14.9. The largest absolute Gasteiger partial charge is 0.503 e. The number of nitrogens with one attached hydrogen (secondary N) is 3. The molecule has 0 fully saturated rings. The van der Waals surface area contributed by atoms with Crippen LogP contribution in [0.4, 0.5) is 14.4 Å². The average molecular weight is 804 g/mol. The molecule has 6 atom stereocenters. The highest BCUT2D eigenvalue weighted by Gasteiger charge is 2.45. The van der Waals surface area contributed by atoms with Crippen molar-refractivity contribution in [2.75, 3.05) is 72.9 Å². The van der Waals surface area contributed by atoms with Gasteiger partial charge in [0.05, 0.1) is 0 Å². The molecule has 0 rings (SSSR count). The van der Waals surface area contributed by atoms with Crippen LogP contribution < -0.4 is 50.4 Å². The molecule has 0 aliphatic carbocycles. The van der Waals surface area contributed by atoms with Gasteiger partial charge in [0, 0.05) is 54.2 Å². The van der Waals surface area contributed by atoms with Gasteiger partial charge in [0.25, 0.3) is 0 Å². The van der Waals surface area contributed by atoms with Crippen molar-refractivity contribution in [3.8, 4) is 0 Å². The zero-order valence-corrected chi connectivity index (χ0v) is 31.6. The average Bonchev–Trinajstić information content (AvgIpc) is 2.96. The quantitative estimate of drug-likeness (QED) is 0.0425. The Morgan fingerprint density at radius 2 is 0.760 bits per heavy atom. The molecule has 0 aromatic heterocycles. The summed E-state index contributed by atoms with van der Waals surface area (Å²) in [7, 11) is -13.1. The lowest BCUT2D eigenvalue weighted by atomic mass is 10.2. The summed E-state index contributed by atoms with van der Waals surface area (Å²) in [6.45, 7) is -0.322. The van der Waals surface area contributed by atoms with Crippen molar-refractivity contribution in [1.29, 1.82) is 0 Å². The number of carbonyl (C=O) groups is 6. The predicted molar refractivity (Wildman–Crippen MR) is 194 cm³/mol. The van der Waals surface area contributed by atoms with Gasteiger partial charge in [-0.15, -0.1) is 30.9 Å². The van der Waals surface area contributed by atoms with Gasteiger partial charge < -0.3 is 65.7 Å². The molecular weight excluding hydrogens is 749 g/mol. The van der Waals surface area contributed by atoms with E-state index in [1.54, 1.807) is 0 Å². The first-order chi connectivity index (χ1) is 22.9. The highest BCUT2D eigenvalue weighted by atomic mass is 32.3. The standard InChI is InChI=1S/C24H54N9O13PS3/c1-48(13-7-31-22(28)40,10-4-16(25)19(34)35)44-47(43,45-49(2,14-8-32-23(29)41)11-5-17(26)20(36)37)46-50(3,15-9-33-24(30)42)12-6-18(27)21(38)39/h16-18H,4-15,25-27H2,1-3H3,(H,34,35)(H,36,37)(H,38,39)(H3,28,31,40)(H3,29,32,41)(H3,30,33,42). The van der Waals surface area contributed by atoms with E-state index in [1.165, 1.54) is 18.8 Å². The Morgan fingerprint density at radius 1 is 0.540 bits per heavy atom. The van der Waals surface area contributed by atoms with E-state index < -0.39 is 92.9 Å². The van der Waals surface area contributed by atoms with Crippen molar-refractivity contribution in [3.63, 3.8) is 0 Å². The molecule has 0 aliphatic heterocycles. The van der Waals surface area contributed by atoms with Gasteiger partial charge in [-0.2, -0.15) is 0 Å². The van der Waals surface area contributed by atoms with Crippen LogP contribution in [-0.4, -0.2) is 142 Å². The maximum absolute atomic E-state index is 15.1. The molecule has 0 radical (unpaired) electrons. The minimum absolute atomic E-state index is 0.0443. The van der Waals surface area contributed by atoms with Gasteiger partial charge in [0.2, 0.25) is 0 Å². The Labute approximate surface area is 295 Å². The van der Waals surface area contributed by atoms with Crippen LogP contribution in [0.2, 0.25) is 0 Å². The van der Waals surface area contributed by atoms with Crippen LogP contribution in [0.25, 0.3) is 0 Å². The first-order valence-corrected chi connectivity index (χ1v) is 23.2. The molecular formula is C24H54N9O13PS3. The number of urea groups is 3. The second-order valence-corrected chi connectivity index (χ2v) is 23.8. The van der Waals surface area contributed by atoms with Crippen molar-refractivity contribution >= 4 is 74.8 Å². The Kier molecular flexibility index (Phi) is 20.4. The Bertz CT molecular complexity index is 1100. The second-order valence-electron chi connectivity index (χ2n) is 11.5. The molecule has 50 heavy (non-hydrogen) atoms. The minimum Gasteiger partial charge on any atom is -0.480 e. The van der Waals surface area contributed by atoms with Gasteiger partial charge in [0.15, 0.2) is 0 Å². The normalized spacial score (nSPS) is 20.0. The molecule has 0 heterocycles. The number of hydrogen-bond acceptors (Lipinski definition) is 13. The molecule has 0 spiro atoms. The summed E-state index contributed by atoms with van der Waals surface area (Å²) in [4.78, 5) is 68.9. The van der Waals surface area contributed by atoms with Gasteiger partial charge >= 0.3 is 43.8 Å². The highest BCUT2D eigenvalue weighted by Crippen LogP contribution is 2.75. The van der Waals surface area contributed by atoms with Gasteiger partial charge in [-0.1, -0.05) is 0 Å². The number of carboxylic acids is 3. The monoisotopic (exact) mass is 803 g/mol. The molecule has 296 valence electrons. The lowest BCUT2D eigenvalue weighted by molar-refractivity contribution is -0.139. The van der Waals surface area contributed by atoms with E-state index in [2.05, 4.69) is 16.0 Å². The van der Waals surface area contributed by atoms with Crippen LogP contribution in [0.1, 0.15) is 19.3 Å². The van der Waals surface area contributed by atoms with Gasteiger partial charge in [-0.3, -0.25) is 14.4 Å². The third kappa shape index (κ3) is 20.2. The maximum Gasteiger partial charge on any atom is 0.503 e. The summed E-state index contributed by atoms with van der Waals surface area (Å²) < 4.78 is 33.9. The van der Waals surface area contributed by atoms with E-state index >= 15 is 4.57 Å². The lowest BCUT2D eigenvalue weighted by Gasteiger charge is -2.46. The number of rotatable bonds is 27. The Balaban J connectivity index is 7.14. The van der Waals surface area contributed by atoms with Crippen molar-refractivity contribution in [3.05, 3.63) is 0 Å². The summed E-state index contributed by atoms with van der Waals surface area (Å²) in [5.74, 6) is -4.35. The fraction of sp³-hybridized carbons (Fsp3) is 0.750. The summed E-state index contributed by atoms with van der Waals surface area (Å²) in [5, 5.41) is 35.3. The maximum atomic E-state index is 15.1. The van der Waals surface area contributed by atoms with Crippen LogP contribution in [0.15, 0.2) is 0 Å². The Hall–Kier alpha value is -2.74. The van der Waals surface area contributed by atoms with Gasteiger partial charge in [-0.05, 0) is 38.0 Å². The van der Waals surface area contributed by atoms with Crippen LogP contribution in [0, 0.1) is 0 Å². The van der Waals surface area contributed by atoms with Crippen LogP contribution in [0.3, 0.4) is 0 Å². The van der Waals surface area contributed by atoms with Crippen molar-refractivity contribution < 1.29 is 60.6 Å². The van der Waals surface area contributed by atoms with E-state index in [9.17, 15) is 44.1 Å². The number of phosphoric acid groups is 1. The molecule has 22 nitrogen and oxygen atoms in total. The van der Waals surface area contributed by atoms with E-state index in [1.807, 2.05) is 0 Å². The molecule has 0 bridgehead atoms. The number of primary amides is 3. The third-order valence-electron chi connectivity index (χ3n) is 6.85. The number of hydrogen-bond donors (Lipinski definition) is 12. The zero-order chi connectivity index (χ0) is 38.9. The van der Waals surface area contributed by atoms with E-state index in [4.69, 9.17) is 46.3 Å². The fourth-order valence-corrected chi connectivity index (χ4v) is 16.4. The fourth-order valence-electron chi connectivity index (χ4n) is 3.90. The van der Waals surface area contributed by atoms with Crippen LogP contribution in [-0.2, 0) is 30.9 Å². The Morgan fingerprint density at radius 3 is 0.940 bits per heavy atom. The number of carboxylic acid groups (broad SMARTS) is 3. The number of nitrogens with two attached hydrogens (primary N) is 6. The molecule has 0 saturated heterocycles.